The Kier molecular flexibility index (Phi) is 5.23. The molecule has 7 nitrogen and oxygen atoms in total. The zero-order chi connectivity index (χ0) is 17.6. The van der Waals surface area contributed by atoms with Gasteiger partial charge in [-0.3, -0.25) is 9.59 Å². The number of hydrogen-bond acceptors (Lipinski definition) is 5. The second-order valence-corrected chi connectivity index (χ2v) is 5.92. The molecule has 0 radical (unpaired) electrons. The molecule has 0 unspecified atom stereocenters. The molecule has 1 saturated carbocycles. The summed E-state index contributed by atoms with van der Waals surface area (Å²) in [6.45, 7) is 4.00. The van der Waals surface area contributed by atoms with Crippen LogP contribution in [0.15, 0.2) is 41.7 Å². The van der Waals surface area contributed by atoms with E-state index in [0.717, 1.165) is 12.8 Å². The number of benzene rings is 1. The van der Waals surface area contributed by atoms with E-state index in [2.05, 4.69) is 27.1 Å². The maximum absolute atomic E-state index is 12.2. The van der Waals surface area contributed by atoms with E-state index in [1.165, 1.54) is 0 Å². The Morgan fingerprint density at radius 3 is 2.96 bits per heavy atom. The fraction of sp³-hybridized carbons (Fsp3) is 0.333. The highest BCUT2D eigenvalue weighted by molar-refractivity contribution is 5.76. The molecule has 1 heterocycles. The van der Waals surface area contributed by atoms with Crippen LogP contribution in [0.25, 0.3) is 11.4 Å². The average Bonchev–Trinajstić information content (AvgIpc) is 3.43. The van der Waals surface area contributed by atoms with Crippen LogP contribution in [0, 0.1) is 0 Å². The number of aryl methyl sites for hydroxylation is 1. The molecule has 0 saturated heterocycles. The van der Waals surface area contributed by atoms with Crippen molar-refractivity contribution in [2.75, 3.05) is 6.61 Å². The first-order valence-corrected chi connectivity index (χ1v) is 8.25. The Labute approximate surface area is 145 Å². The van der Waals surface area contributed by atoms with Gasteiger partial charge in [0.15, 0.2) is 5.82 Å². The van der Waals surface area contributed by atoms with Crippen LogP contribution in [0.1, 0.15) is 25.0 Å². The summed E-state index contributed by atoms with van der Waals surface area (Å²) in [7, 11) is 0. The monoisotopic (exact) mass is 340 g/mol. The molecule has 0 aliphatic heterocycles. The van der Waals surface area contributed by atoms with Gasteiger partial charge in [0, 0.05) is 24.4 Å². The average molecular weight is 340 g/mol. The highest BCUT2D eigenvalue weighted by Gasteiger charge is 2.23. The molecule has 1 aliphatic carbocycles. The van der Waals surface area contributed by atoms with Gasteiger partial charge in [-0.1, -0.05) is 24.8 Å². The van der Waals surface area contributed by atoms with Crippen LogP contribution in [0.5, 0.6) is 5.75 Å². The van der Waals surface area contributed by atoms with E-state index in [0.29, 0.717) is 29.8 Å². The molecular weight excluding hydrogens is 320 g/mol. The number of H-pyrrole nitrogens is 1. The summed E-state index contributed by atoms with van der Waals surface area (Å²) in [5, 5.41) is 10.9. The van der Waals surface area contributed by atoms with Crippen LogP contribution >= 0.6 is 0 Å². The summed E-state index contributed by atoms with van der Waals surface area (Å²) >= 11 is 0. The second kappa shape index (κ2) is 7.74. The van der Waals surface area contributed by atoms with E-state index >= 15 is 0 Å². The minimum Gasteiger partial charge on any atom is -0.490 e. The van der Waals surface area contributed by atoms with Crippen LogP contribution in [-0.4, -0.2) is 33.7 Å². The predicted molar refractivity (Wildman–Crippen MR) is 93.3 cm³/mol. The van der Waals surface area contributed by atoms with Crippen LogP contribution in [0.3, 0.4) is 0 Å². The number of amides is 1. The summed E-state index contributed by atoms with van der Waals surface area (Å²) in [6, 6.07) is 7.51. The van der Waals surface area contributed by atoms with Gasteiger partial charge in [0.1, 0.15) is 18.1 Å². The van der Waals surface area contributed by atoms with Crippen LogP contribution < -0.4 is 15.6 Å². The van der Waals surface area contributed by atoms with Gasteiger partial charge >= 0.3 is 0 Å². The second-order valence-electron chi connectivity index (χ2n) is 5.92. The molecule has 0 atom stereocenters. The van der Waals surface area contributed by atoms with E-state index in [4.69, 9.17) is 4.74 Å². The Balaban J connectivity index is 1.67. The van der Waals surface area contributed by atoms with Gasteiger partial charge in [-0.15, -0.1) is 10.2 Å². The maximum atomic E-state index is 12.2. The molecule has 0 bridgehead atoms. The first-order chi connectivity index (χ1) is 12.2. The van der Waals surface area contributed by atoms with Crippen molar-refractivity contribution in [2.45, 2.75) is 31.7 Å². The van der Waals surface area contributed by atoms with E-state index in [1.807, 2.05) is 18.2 Å². The van der Waals surface area contributed by atoms with E-state index in [9.17, 15) is 9.59 Å². The fourth-order valence-corrected chi connectivity index (χ4v) is 2.30. The van der Waals surface area contributed by atoms with Crippen LogP contribution in [-0.2, 0) is 11.2 Å². The molecule has 2 N–H and O–H groups in total. The first-order valence-electron chi connectivity index (χ1n) is 8.25. The number of ether oxygens (including phenoxy) is 1. The molecule has 0 spiro atoms. The third-order valence-corrected chi connectivity index (χ3v) is 3.77. The van der Waals surface area contributed by atoms with Crippen molar-refractivity contribution in [3.8, 4) is 17.1 Å². The highest BCUT2D eigenvalue weighted by Crippen LogP contribution is 2.20. The Bertz CT molecular complexity index is 827. The molecule has 2 aromatic rings. The van der Waals surface area contributed by atoms with Gasteiger partial charge in [-0.05, 0) is 25.0 Å². The summed E-state index contributed by atoms with van der Waals surface area (Å²) in [6.07, 6.45) is 4.23. The number of aromatic amines is 1. The lowest BCUT2D eigenvalue weighted by Crippen LogP contribution is -2.27. The molecule has 1 fully saturated rings. The van der Waals surface area contributed by atoms with Gasteiger partial charge in [-0.2, -0.15) is 0 Å². The lowest BCUT2D eigenvalue weighted by atomic mass is 10.2. The molecule has 1 aliphatic rings. The Morgan fingerprint density at radius 2 is 2.24 bits per heavy atom. The molecule has 7 heteroatoms. The fourth-order valence-electron chi connectivity index (χ4n) is 2.30. The van der Waals surface area contributed by atoms with Gasteiger partial charge in [0.2, 0.25) is 5.91 Å². The normalized spacial score (nSPS) is 13.3. The van der Waals surface area contributed by atoms with Crippen molar-refractivity contribution < 1.29 is 9.53 Å². The van der Waals surface area contributed by atoms with Crippen molar-refractivity contribution in [1.29, 1.82) is 0 Å². The number of rotatable bonds is 8. The Hall–Kier alpha value is -2.96. The smallest absolute Gasteiger partial charge is 0.273 e. The third kappa shape index (κ3) is 4.76. The zero-order valence-electron chi connectivity index (χ0n) is 13.8. The number of carbonyl (C=O) groups excluding carboxylic acids is 1. The largest absolute Gasteiger partial charge is 0.490 e. The lowest BCUT2D eigenvalue weighted by molar-refractivity contribution is -0.121. The molecule has 1 amide bonds. The highest BCUT2D eigenvalue weighted by atomic mass is 16.5. The van der Waals surface area contributed by atoms with Gasteiger partial charge in [-0.25, -0.2) is 0 Å². The van der Waals surface area contributed by atoms with E-state index < -0.39 is 0 Å². The van der Waals surface area contributed by atoms with Crippen molar-refractivity contribution in [3.05, 3.63) is 53.0 Å². The Morgan fingerprint density at radius 1 is 1.40 bits per heavy atom. The minimum atomic E-state index is -0.332. The predicted octanol–water partition coefficient (Wildman–Crippen LogP) is 1.61. The molecule has 130 valence electrons. The summed E-state index contributed by atoms with van der Waals surface area (Å²) in [4.78, 5) is 26.6. The number of nitrogens with zero attached hydrogens (tertiary/aromatic N) is 2. The zero-order valence-corrected chi connectivity index (χ0v) is 13.8. The van der Waals surface area contributed by atoms with E-state index in [1.54, 1.807) is 12.1 Å². The molecular formula is C18H20N4O3. The van der Waals surface area contributed by atoms with Gasteiger partial charge in [0.05, 0.1) is 0 Å². The number of aromatic nitrogens is 3. The number of nitrogens with one attached hydrogen (secondary N) is 2. The molecule has 1 aromatic heterocycles. The van der Waals surface area contributed by atoms with Gasteiger partial charge in [0.25, 0.3) is 5.56 Å². The summed E-state index contributed by atoms with van der Waals surface area (Å²) in [5.74, 6) is 0.959. The van der Waals surface area contributed by atoms with Crippen molar-refractivity contribution >= 4 is 5.91 Å². The maximum Gasteiger partial charge on any atom is 0.273 e. The molecule has 25 heavy (non-hydrogen) atoms. The molecule has 1 aromatic carbocycles. The third-order valence-electron chi connectivity index (χ3n) is 3.77. The summed E-state index contributed by atoms with van der Waals surface area (Å²) < 4.78 is 5.47. The van der Waals surface area contributed by atoms with Gasteiger partial charge < -0.3 is 15.0 Å². The standard InChI is InChI=1S/C18H20N4O3/c1-2-10-25-14-5-3-4-12(11-14)17-20-18(24)15(21-22-17)8-9-16(23)19-13-6-7-13/h2-5,11,13H,1,6-10H2,(H,19,23)(H,20,22,24). The van der Waals surface area contributed by atoms with Crippen LogP contribution in [0.2, 0.25) is 0 Å². The number of hydrogen-bond donors (Lipinski definition) is 2. The quantitative estimate of drug-likeness (QED) is 0.712. The van der Waals surface area contributed by atoms with E-state index in [-0.39, 0.29) is 30.0 Å². The van der Waals surface area contributed by atoms with Crippen molar-refractivity contribution in [3.63, 3.8) is 0 Å². The number of carbonyl (C=O) groups is 1. The van der Waals surface area contributed by atoms with Crippen molar-refractivity contribution in [1.82, 2.24) is 20.5 Å². The SMILES string of the molecule is C=CCOc1cccc(-c2nnc(CCC(=O)NC3CC3)c(=O)[nH]2)c1. The van der Waals surface area contributed by atoms with Crippen LogP contribution in [0.4, 0.5) is 0 Å². The summed E-state index contributed by atoms with van der Waals surface area (Å²) in [5.41, 5.74) is 0.625. The lowest BCUT2D eigenvalue weighted by Gasteiger charge is -2.06. The molecule has 3 rings (SSSR count). The topological polar surface area (TPSA) is 97.0 Å². The minimum absolute atomic E-state index is 0.0557. The first kappa shape index (κ1) is 16.9. The van der Waals surface area contributed by atoms with Crippen molar-refractivity contribution in [2.24, 2.45) is 0 Å².